The average Bonchev–Trinajstić information content (AvgIpc) is 2.92. The molecule has 2 amide bonds. The van der Waals surface area contributed by atoms with E-state index in [1.807, 2.05) is 51.1 Å². The molecule has 3 aromatic carbocycles. The lowest BCUT2D eigenvalue weighted by atomic mass is 10.1. The quantitative estimate of drug-likeness (QED) is 0.290. The van der Waals surface area contributed by atoms with Gasteiger partial charge in [0.25, 0.3) is 10.0 Å². The third-order valence-corrected chi connectivity index (χ3v) is 8.38. The van der Waals surface area contributed by atoms with Crippen LogP contribution in [0.15, 0.2) is 83.8 Å². The molecular weight excluding hydrogens is 557 g/mol. The van der Waals surface area contributed by atoms with E-state index in [2.05, 4.69) is 5.32 Å². The highest BCUT2D eigenvalue weighted by molar-refractivity contribution is 7.92. The van der Waals surface area contributed by atoms with Crippen LogP contribution < -0.4 is 9.62 Å². The van der Waals surface area contributed by atoms with Gasteiger partial charge in [-0.1, -0.05) is 92.5 Å². The first kappa shape index (κ1) is 30.5. The van der Waals surface area contributed by atoms with Crippen LogP contribution in [0.4, 0.5) is 5.69 Å². The molecule has 0 aliphatic carbocycles. The van der Waals surface area contributed by atoms with Crippen LogP contribution in [0.2, 0.25) is 10.0 Å². The number of hydrogen-bond donors (Lipinski definition) is 1. The summed E-state index contributed by atoms with van der Waals surface area (Å²) >= 11 is 12.6. The fourth-order valence-corrected chi connectivity index (χ4v) is 5.91. The minimum absolute atomic E-state index is 0.00910. The summed E-state index contributed by atoms with van der Waals surface area (Å²) in [4.78, 5) is 28.6. The summed E-state index contributed by atoms with van der Waals surface area (Å²) in [5, 5.41) is 3.28. The van der Waals surface area contributed by atoms with Crippen LogP contribution in [0.3, 0.4) is 0 Å². The van der Waals surface area contributed by atoms with Crippen molar-refractivity contribution in [3.63, 3.8) is 0 Å². The Kier molecular flexibility index (Phi) is 10.8. The number of rotatable bonds is 12. The first-order valence-corrected chi connectivity index (χ1v) is 14.9. The van der Waals surface area contributed by atoms with Crippen molar-refractivity contribution in [1.29, 1.82) is 0 Å². The topological polar surface area (TPSA) is 86.8 Å². The Morgan fingerprint density at radius 2 is 1.54 bits per heavy atom. The Morgan fingerprint density at radius 1 is 0.923 bits per heavy atom. The van der Waals surface area contributed by atoms with Crippen LogP contribution in [0.1, 0.15) is 32.8 Å². The zero-order chi connectivity index (χ0) is 28.6. The highest BCUT2D eigenvalue weighted by Gasteiger charge is 2.34. The first-order chi connectivity index (χ1) is 18.5. The number of nitrogens with zero attached hydrogens (tertiary/aromatic N) is 2. The molecule has 0 aliphatic heterocycles. The average molecular weight is 591 g/mol. The Labute approximate surface area is 240 Å². The van der Waals surface area contributed by atoms with Gasteiger partial charge in [-0.05, 0) is 48.2 Å². The molecule has 0 fully saturated rings. The number of nitrogens with one attached hydrogen (secondary N) is 1. The molecule has 7 nitrogen and oxygen atoms in total. The summed E-state index contributed by atoms with van der Waals surface area (Å²) in [5.74, 6) is -0.629. The van der Waals surface area contributed by atoms with Gasteiger partial charge in [-0.25, -0.2) is 8.42 Å². The number of benzene rings is 3. The summed E-state index contributed by atoms with van der Waals surface area (Å²) in [6.45, 7) is 5.77. The van der Waals surface area contributed by atoms with E-state index < -0.39 is 28.5 Å². The van der Waals surface area contributed by atoms with Crippen molar-refractivity contribution in [2.24, 2.45) is 5.92 Å². The Bertz CT molecular complexity index is 1370. The lowest BCUT2D eigenvalue weighted by molar-refractivity contribution is -0.140. The maximum Gasteiger partial charge on any atom is 0.264 e. The molecular formula is C29H33Cl2N3O4S. The van der Waals surface area contributed by atoms with Crippen LogP contribution in [0.5, 0.6) is 0 Å². The number of carbonyl (C=O) groups excluding carboxylic acids is 2. The van der Waals surface area contributed by atoms with Crippen molar-refractivity contribution in [3.05, 3.63) is 94.5 Å². The Balaban J connectivity index is 2.06. The van der Waals surface area contributed by atoms with Crippen LogP contribution in [-0.2, 0) is 26.2 Å². The zero-order valence-corrected chi connectivity index (χ0v) is 24.5. The second kappa shape index (κ2) is 13.8. The van der Waals surface area contributed by atoms with Gasteiger partial charge >= 0.3 is 0 Å². The maximum absolute atomic E-state index is 14.0. The van der Waals surface area contributed by atoms with Crippen LogP contribution in [0.25, 0.3) is 0 Å². The van der Waals surface area contributed by atoms with Gasteiger partial charge in [0.15, 0.2) is 0 Å². The van der Waals surface area contributed by atoms with Crippen molar-refractivity contribution in [3.8, 4) is 0 Å². The van der Waals surface area contributed by atoms with Gasteiger partial charge in [-0.15, -0.1) is 0 Å². The molecule has 0 bridgehead atoms. The fourth-order valence-electron chi connectivity index (χ4n) is 4.03. The number of halogens is 2. The second-order valence-corrected chi connectivity index (χ2v) is 12.2. The van der Waals surface area contributed by atoms with Gasteiger partial charge in [0.05, 0.1) is 15.6 Å². The maximum atomic E-state index is 14.0. The van der Waals surface area contributed by atoms with Crippen molar-refractivity contribution in [2.75, 3.05) is 17.4 Å². The largest absolute Gasteiger partial charge is 0.354 e. The van der Waals surface area contributed by atoms with Gasteiger partial charge in [0.1, 0.15) is 12.6 Å². The van der Waals surface area contributed by atoms with Crippen LogP contribution in [0, 0.1) is 5.92 Å². The third-order valence-electron chi connectivity index (χ3n) is 6.05. The molecule has 0 radical (unpaired) electrons. The summed E-state index contributed by atoms with van der Waals surface area (Å²) in [7, 11) is -4.23. The monoisotopic (exact) mass is 589 g/mol. The molecule has 0 heterocycles. The second-order valence-electron chi connectivity index (χ2n) is 9.49. The normalized spacial score (nSPS) is 12.2. The molecule has 0 saturated carbocycles. The Morgan fingerprint density at radius 3 is 2.13 bits per heavy atom. The first-order valence-electron chi connectivity index (χ1n) is 12.7. The van der Waals surface area contributed by atoms with Gasteiger partial charge in [0.2, 0.25) is 11.8 Å². The highest BCUT2D eigenvalue weighted by Crippen LogP contribution is 2.33. The van der Waals surface area contributed by atoms with E-state index >= 15 is 0 Å². The highest BCUT2D eigenvalue weighted by atomic mass is 35.5. The smallest absolute Gasteiger partial charge is 0.264 e. The number of hydrogen-bond acceptors (Lipinski definition) is 4. The summed E-state index contributed by atoms with van der Waals surface area (Å²) < 4.78 is 28.6. The minimum atomic E-state index is -4.23. The molecule has 0 spiro atoms. The zero-order valence-electron chi connectivity index (χ0n) is 22.2. The van der Waals surface area contributed by atoms with Crippen molar-refractivity contribution < 1.29 is 18.0 Å². The lowest BCUT2D eigenvalue weighted by Gasteiger charge is -2.33. The standard InChI is InChI=1S/C29H33Cl2N3O4S/c1-4-26(29(36)32-18-21(2)3)33(19-22-11-7-5-8-12-22)28(35)20-34(27-17-23(30)15-16-25(27)31)39(37,38)24-13-9-6-10-14-24/h5-17,21,26H,4,18-20H2,1-3H3,(H,32,36). The van der Waals surface area contributed by atoms with Crippen LogP contribution in [-0.4, -0.2) is 44.3 Å². The molecule has 1 N–H and O–H groups in total. The fraction of sp³-hybridized carbons (Fsp3) is 0.310. The molecule has 0 aliphatic rings. The Hall–Kier alpha value is -3.07. The van der Waals surface area contributed by atoms with Gasteiger partial charge in [0, 0.05) is 18.1 Å². The molecule has 0 saturated heterocycles. The molecule has 10 heteroatoms. The molecule has 3 aromatic rings. The van der Waals surface area contributed by atoms with E-state index in [0.29, 0.717) is 13.0 Å². The molecule has 208 valence electrons. The van der Waals surface area contributed by atoms with Gasteiger partial charge < -0.3 is 10.2 Å². The number of sulfonamides is 1. The lowest BCUT2D eigenvalue weighted by Crippen LogP contribution is -2.52. The van der Waals surface area contributed by atoms with Gasteiger partial charge in [-0.3, -0.25) is 13.9 Å². The molecule has 39 heavy (non-hydrogen) atoms. The minimum Gasteiger partial charge on any atom is -0.354 e. The summed E-state index contributed by atoms with van der Waals surface area (Å²) in [6, 6.07) is 20.6. The van der Waals surface area contributed by atoms with Crippen LogP contribution >= 0.6 is 23.2 Å². The third kappa shape index (κ3) is 7.97. The van der Waals surface area contributed by atoms with E-state index in [0.717, 1.165) is 9.87 Å². The number of carbonyl (C=O) groups is 2. The number of anilines is 1. The summed E-state index contributed by atoms with van der Waals surface area (Å²) in [6.07, 6.45) is 0.339. The predicted octanol–water partition coefficient (Wildman–Crippen LogP) is 5.77. The number of amides is 2. The van der Waals surface area contributed by atoms with E-state index in [1.54, 1.807) is 18.2 Å². The SMILES string of the molecule is CCC(C(=O)NCC(C)C)N(Cc1ccccc1)C(=O)CN(c1cc(Cl)ccc1Cl)S(=O)(=O)c1ccccc1. The van der Waals surface area contributed by atoms with Crippen molar-refractivity contribution in [2.45, 2.75) is 44.7 Å². The van der Waals surface area contributed by atoms with E-state index in [-0.39, 0.29) is 39.0 Å². The summed E-state index contributed by atoms with van der Waals surface area (Å²) in [5.41, 5.74) is 0.873. The molecule has 0 aromatic heterocycles. The van der Waals surface area contributed by atoms with Crippen molar-refractivity contribution in [1.82, 2.24) is 10.2 Å². The van der Waals surface area contributed by atoms with Gasteiger partial charge in [-0.2, -0.15) is 0 Å². The molecule has 1 unspecified atom stereocenters. The van der Waals surface area contributed by atoms with E-state index in [9.17, 15) is 18.0 Å². The van der Waals surface area contributed by atoms with Crippen molar-refractivity contribution >= 4 is 50.7 Å². The van der Waals surface area contributed by atoms with E-state index in [4.69, 9.17) is 23.2 Å². The molecule has 1 atom stereocenters. The predicted molar refractivity (Wildman–Crippen MR) is 156 cm³/mol. The molecule has 3 rings (SSSR count). The van der Waals surface area contributed by atoms with E-state index in [1.165, 1.54) is 35.2 Å².